The lowest BCUT2D eigenvalue weighted by molar-refractivity contribution is 0.137. The number of rotatable bonds is 4. The van der Waals surface area contributed by atoms with Crippen molar-refractivity contribution in [1.29, 1.82) is 0 Å². The number of carbonyl (C=O) groups is 1. The molecule has 0 unspecified atom stereocenters. The predicted molar refractivity (Wildman–Crippen MR) is 111 cm³/mol. The summed E-state index contributed by atoms with van der Waals surface area (Å²) in [7, 11) is 2.16. The van der Waals surface area contributed by atoms with Gasteiger partial charge in [0.1, 0.15) is 5.76 Å². The van der Waals surface area contributed by atoms with E-state index in [1.165, 1.54) is 5.69 Å². The van der Waals surface area contributed by atoms with Gasteiger partial charge < -0.3 is 24.4 Å². The highest BCUT2D eigenvalue weighted by atomic mass is 16.3. The zero-order valence-electron chi connectivity index (χ0n) is 16.5. The first kappa shape index (κ1) is 18.8. The van der Waals surface area contributed by atoms with Gasteiger partial charge in [0.25, 0.3) is 0 Å². The SMILES string of the molecule is CN1CCN(c2ccc(NC(=O)N3CCN(Cc4ccco4)CC3)cc2)CC1. The Balaban J connectivity index is 1.25. The average molecular weight is 383 g/mol. The van der Waals surface area contributed by atoms with Crippen LogP contribution in [0.2, 0.25) is 0 Å². The molecule has 0 bridgehead atoms. The van der Waals surface area contributed by atoms with E-state index in [2.05, 4.69) is 39.2 Å². The van der Waals surface area contributed by atoms with Gasteiger partial charge in [-0.1, -0.05) is 0 Å². The second-order valence-electron chi connectivity index (χ2n) is 7.61. The van der Waals surface area contributed by atoms with Gasteiger partial charge in [-0.3, -0.25) is 4.90 Å². The molecule has 2 amide bonds. The number of anilines is 2. The lowest BCUT2D eigenvalue weighted by atomic mass is 10.2. The number of nitrogens with one attached hydrogen (secondary N) is 1. The molecule has 7 heteroatoms. The fourth-order valence-corrected chi connectivity index (χ4v) is 3.75. The Morgan fingerprint density at radius 3 is 2.32 bits per heavy atom. The van der Waals surface area contributed by atoms with Crippen molar-refractivity contribution in [2.24, 2.45) is 0 Å². The van der Waals surface area contributed by atoms with Crippen LogP contribution in [0, 0.1) is 0 Å². The Morgan fingerprint density at radius 2 is 1.68 bits per heavy atom. The molecule has 1 N–H and O–H groups in total. The van der Waals surface area contributed by atoms with Crippen molar-refractivity contribution >= 4 is 17.4 Å². The lowest BCUT2D eigenvalue weighted by Crippen LogP contribution is -2.49. The molecule has 2 saturated heterocycles. The third kappa shape index (κ3) is 4.66. The predicted octanol–water partition coefficient (Wildman–Crippen LogP) is 2.38. The largest absolute Gasteiger partial charge is 0.468 e. The molecule has 3 heterocycles. The number of piperazine rings is 2. The van der Waals surface area contributed by atoms with Crippen LogP contribution in [-0.4, -0.2) is 80.1 Å². The smallest absolute Gasteiger partial charge is 0.321 e. The molecule has 1 aromatic carbocycles. The van der Waals surface area contributed by atoms with Crippen LogP contribution in [-0.2, 0) is 6.54 Å². The van der Waals surface area contributed by atoms with Crippen molar-refractivity contribution in [3.8, 4) is 0 Å². The first-order valence-electron chi connectivity index (χ1n) is 10.0. The minimum Gasteiger partial charge on any atom is -0.468 e. The van der Waals surface area contributed by atoms with Crippen molar-refractivity contribution in [3.05, 3.63) is 48.4 Å². The summed E-state index contributed by atoms with van der Waals surface area (Å²) in [5.41, 5.74) is 2.07. The molecule has 2 aliphatic rings. The van der Waals surface area contributed by atoms with Crippen LogP contribution in [0.4, 0.5) is 16.2 Å². The molecule has 150 valence electrons. The Bertz CT molecular complexity index is 746. The van der Waals surface area contributed by atoms with Crippen LogP contribution in [0.5, 0.6) is 0 Å². The molecule has 4 rings (SSSR count). The molecular weight excluding hydrogens is 354 g/mol. The Morgan fingerprint density at radius 1 is 0.964 bits per heavy atom. The number of furan rings is 1. The van der Waals surface area contributed by atoms with E-state index in [0.717, 1.165) is 70.4 Å². The molecule has 2 aromatic rings. The van der Waals surface area contributed by atoms with Crippen molar-refractivity contribution in [1.82, 2.24) is 14.7 Å². The van der Waals surface area contributed by atoms with Crippen LogP contribution in [0.1, 0.15) is 5.76 Å². The van der Waals surface area contributed by atoms with E-state index in [1.54, 1.807) is 6.26 Å². The van der Waals surface area contributed by atoms with Gasteiger partial charge in [-0.2, -0.15) is 0 Å². The van der Waals surface area contributed by atoms with Crippen molar-refractivity contribution in [3.63, 3.8) is 0 Å². The molecule has 1 aromatic heterocycles. The van der Waals surface area contributed by atoms with Crippen LogP contribution >= 0.6 is 0 Å². The zero-order valence-corrected chi connectivity index (χ0v) is 16.5. The highest BCUT2D eigenvalue weighted by molar-refractivity contribution is 5.89. The fraction of sp³-hybridized carbons (Fsp3) is 0.476. The fourth-order valence-electron chi connectivity index (χ4n) is 3.75. The van der Waals surface area contributed by atoms with Gasteiger partial charge in [-0.05, 0) is 43.4 Å². The summed E-state index contributed by atoms with van der Waals surface area (Å²) >= 11 is 0. The van der Waals surface area contributed by atoms with E-state index < -0.39 is 0 Å². The van der Waals surface area contributed by atoms with E-state index in [-0.39, 0.29) is 6.03 Å². The van der Waals surface area contributed by atoms with Crippen molar-refractivity contribution in [2.45, 2.75) is 6.54 Å². The molecule has 0 aliphatic carbocycles. The van der Waals surface area contributed by atoms with E-state index in [0.29, 0.717) is 0 Å². The summed E-state index contributed by atoms with van der Waals surface area (Å²) in [5, 5.41) is 3.03. The van der Waals surface area contributed by atoms with Crippen LogP contribution < -0.4 is 10.2 Å². The summed E-state index contributed by atoms with van der Waals surface area (Å²) in [6.07, 6.45) is 1.70. The maximum Gasteiger partial charge on any atom is 0.321 e. The lowest BCUT2D eigenvalue weighted by Gasteiger charge is -2.34. The van der Waals surface area contributed by atoms with Crippen LogP contribution in [0.25, 0.3) is 0 Å². The van der Waals surface area contributed by atoms with Gasteiger partial charge in [0.15, 0.2) is 0 Å². The molecule has 2 fully saturated rings. The topological polar surface area (TPSA) is 55.2 Å². The number of urea groups is 1. The van der Waals surface area contributed by atoms with E-state index in [9.17, 15) is 4.79 Å². The summed E-state index contributed by atoms with van der Waals surface area (Å²) in [6, 6.07) is 12.1. The van der Waals surface area contributed by atoms with Gasteiger partial charge in [0.2, 0.25) is 0 Å². The number of hydrogen-bond acceptors (Lipinski definition) is 5. The number of benzene rings is 1. The maximum atomic E-state index is 12.6. The van der Waals surface area contributed by atoms with E-state index in [4.69, 9.17) is 4.42 Å². The highest BCUT2D eigenvalue weighted by Crippen LogP contribution is 2.20. The molecular formula is C21H29N5O2. The molecule has 2 aliphatic heterocycles. The quantitative estimate of drug-likeness (QED) is 0.879. The molecule has 0 saturated carbocycles. The third-order valence-electron chi connectivity index (χ3n) is 5.61. The van der Waals surface area contributed by atoms with Crippen LogP contribution in [0.15, 0.2) is 47.1 Å². The Hall–Kier alpha value is -2.51. The van der Waals surface area contributed by atoms with Gasteiger partial charge in [-0.25, -0.2) is 4.79 Å². The maximum absolute atomic E-state index is 12.6. The Labute approximate surface area is 166 Å². The second-order valence-corrected chi connectivity index (χ2v) is 7.61. The number of amides is 2. The summed E-state index contributed by atoms with van der Waals surface area (Å²) < 4.78 is 5.41. The normalized spacial score (nSPS) is 19.0. The number of likely N-dealkylation sites (N-methyl/N-ethyl adjacent to an activating group) is 1. The standard InChI is InChI=1S/C21H29N5O2/c1-23-8-12-25(13-9-23)19-6-4-18(5-7-19)22-21(27)26-14-10-24(11-15-26)17-20-3-2-16-28-20/h2-7,16H,8-15,17H2,1H3,(H,22,27). The Kier molecular flexibility index (Phi) is 5.83. The van der Waals surface area contributed by atoms with Gasteiger partial charge in [0, 0.05) is 63.7 Å². The number of nitrogens with zero attached hydrogens (tertiary/aromatic N) is 4. The average Bonchev–Trinajstić information content (AvgIpc) is 3.23. The van der Waals surface area contributed by atoms with Crippen molar-refractivity contribution in [2.75, 3.05) is 69.6 Å². The van der Waals surface area contributed by atoms with Crippen molar-refractivity contribution < 1.29 is 9.21 Å². The third-order valence-corrected chi connectivity index (χ3v) is 5.61. The van der Waals surface area contributed by atoms with Gasteiger partial charge in [-0.15, -0.1) is 0 Å². The van der Waals surface area contributed by atoms with Gasteiger partial charge >= 0.3 is 6.03 Å². The first-order chi connectivity index (χ1) is 13.7. The molecule has 7 nitrogen and oxygen atoms in total. The number of hydrogen-bond donors (Lipinski definition) is 1. The zero-order chi connectivity index (χ0) is 19.3. The molecule has 0 spiro atoms. The van der Waals surface area contributed by atoms with Crippen LogP contribution in [0.3, 0.4) is 0 Å². The summed E-state index contributed by atoms with van der Waals surface area (Å²) in [6.45, 7) is 8.24. The molecule has 28 heavy (non-hydrogen) atoms. The second kappa shape index (κ2) is 8.67. The highest BCUT2D eigenvalue weighted by Gasteiger charge is 2.22. The number of carbonyl (C=O) groups excluding carboxylic acids is 1. The molecule has 0 radical (unpaired) electrons. The minimum absolute atomic E-state index is 0.0232. The monoisotopic (exact) mass is 383 g/mol. The molecule has 0 atom stereocenters. The summed E-state index contributed by atoms with van der Waals surface area (Å²) in [4.78, 5) is 21.5. The minimum atomic E-state index is -0.0232. The first-order valence-corrected chi connectivity index (χ1v) is 10.0. The van der Waals surface area contributed by atoms with Gasteiger partial charge in [0.05, 0.1) is 12.8 Å². The van der Waals surface area contributed by atoms with E-state index >= 15 is 0 Å². The summed E-state index contributed by atoms with van der Waals surface area (Å²) in [5.74, 6) is 0.971. The van der Waals surface area contributed by atoms with E-state index in [1.807, 2.05) is 29.2 Å².